The number of rotatable bonds is 8. The summed E-state index contributed by atoms with van der Waals surface area (Å²) in [6.45, 7) is 2.29. The number of aliphatic hydroxyl groups is 1. The van der Waals surface area contributed by atoms with E-state index in [1.165, 1.54) is 38.5 Å². The van der Waals surface area contributed by atoms with Crippen molar-refractivity contribution < 1.29 is 5.11 Å². The van der Waals surface area contributed by atoms with E-state index in [4.69, 9.17) is 16.7 Å². The zero-order valence-electron chi connectivity index (χ0n) is 9.63. The molecule has 3 heteroatoms. The molecule has 1 aliphatic rings. The maximum absolute atomic E-state index is 9.04. The van der Waals surface area contributed by atoms with Crippen LogP contribution < -0.4 is 0 Å². The second kappa shape index (κ2) is 8.37. The van der Waals surface area contributed by atoms with Crippen LogP contribution in [-0.2, 0) is 0 Å². The summed E-state index contributed by atoms with van der Waals surface area (Å²) in [7, 11) is 0. The Labute approximate surface area is 98.6 Å². The highest BCUT2D eigenvalue weighted by molar-refractivity contribution is 6.17. The standard InChI is InChI=1S/C12H24ClNO/c13-8-4-1-5-9-14(10-11-15)12-6-2-3-7-12/h12,15H,1-11H2. The van der Waals surface area contributed by atoms with Gasteiger partial charge in [0.2, 0.25) is 0 Å². The molecule has 0 amide bonds. The van der Waals surface area contributed by atoms with Crippen LogP contribution in [0.3, 0.4) is 0 Å². The molecule has 0 aromatic heterocycles. The average Bonchev–Trinajstić information content (AvgIpc) is 2.76. The lowest BCUT2D eigenvalue weighted by Crippen LogP contribution is -2.36. The van der Waals surface area contributed by atoms with Gasteiger partial charge in [-0.1, -0.05) is 19.3 Å². The molecule has 1 fully saturated rings. The van der Waals surface area contributed by atoms with Crippen LogP contribution in [0.2, 0.25) is 0 Å². The third kappa shape index (κ3) is 5.19. The minimum Gasteiger partial charge on any atom is -0.395 e. The van der Waals surface area contributed by atoms with E-state index < -0.39 is 0 Å². The molecule has 0 aliphatic heterocycles. The normalized spacial score (nSPS) is 17.8. The highest BCUT2D eigenvalue weighted by atomic mass is 35.5. The Kier molecular flexibility index (Phi) is 7.41. The molecule has 1 rings (SSSR count). The van der Waals surface area contributed by atoms with Gasteiger partial charge in [0.25, 0.3) is 0 Å². The van der Waals surface area contributed by atoms with E-state index in [1.807, 2.05) is 0 Å². The largest absolute Gasteiger partial charge is 0.395 e. The molecule has 0 bridgehead atoms. The molecule has 0 heterocycles. The second-order valence-electron chi connectivity index (χ2n) is 4.45. The fourth-order valence-corrected chi connectivity index (χ4v) is 2.65. The molecule has 0 unspecified atom stereocenters. The van der Waals surface area contributed by atoms with Gasteiger partial charge in [-0.05, 0) is 32.2 Å². The van der Waals surface area contributed by atoms with Gasteiger partial charge in [0.1, 0.15) is 0 Å². The van der Waals surface area contributed by atoms with E-state index in [0.29, 0.717) is 6.61 Å². The van der Waals surface area contributed by atoms with Gasteiger partial charge in [-0.25, -0.2) is 0 Å². The number of unbranched alkanes of at least 4 members (excludes halogenated alkanes) is 2. The van der Waals surface area contributed by atoms with Crippen LogP contribution >= 0.6 is 11.6 Å². The van der Waals surface area contributed by atoms with Crippen molar-refractivity contribution in [1.29, 1.82) is 0 Å². The van der Waals surface area contributed by atoms with Crippen molar-refractivity contribution in [3.05, 3.63) is 0 Å². The predicted octanol–water partition coefficient (Wildman–Crippen LogP) is 2.63. The van der Waals surface area contributed by atoms with E-state index >= 15 is 0 Å². The number of hydrogen-bond donors (Lipinski definition) is 1. The Morgan fingerprint density at radius 2 is 1.80 bits per heavy atom. The average molecular weight is 234 g/mol. The number of aliphatic hydroxyl groups excluding tert-OH is 1. The Morgan fingerprint density at radius 1 is 1.07 bits per heavy atom. The maximum Gasteiger partial charge on any atom is 0.0558 e. The topological polar surface area (TPSA) is 23.5 Å². The fraction of sp³-hybridized carbons (Fsp3) is 1.00. The lowest BCUT2D eigenvalue weighted by Gasteiger charge is -2.27. The molecular formula is C12H24ClNO. The summed E-state index contributed by atoms with van der Waals surface area (Å²) in [6, 6.07) is 0.744. The monoisotopic (exact) mass is 233 g/mol. The van der Waals surface area contributed by atoms with E-state index in [9.17, 15) is 0 Å². The molecule has 0 aromatic rings. The Morgan fingerprint density at radius 3 is 2.40 bits per heavy atom. The van der Waals surface area contributed by atoms with Crippen LogP contribution in [0, 0.1) is 0 Å². The third-order valence-corrected chi connectivity index (χ3v) is 3.57. The summed E-state index contributed by atoms with van der Waals surface area (Å²) >= 11 is 5.65. The quantitative estimate of drug-likeness (QED) is 0.515. The summed E-state index contributed by atoms with van der Waals surface area (Å²) in [5, 5.41) is 9.04. The molecule has 1 aliphatic carbocycles. The molecule has 1 N–H and O–H groups in total. The number of alkyl halides is 1. The summed E-state index contributed by atoms with van der Waals surface area (Å²) < 4.78 is 0. The smallest absolute Gasteiger partial charge is 0.0558 e. The molecule has 0 saturated heterocycles. The molecule has 0 radical (unpaired) electrons. The Hall–Kier alpha value is 0.210. The van der Waals surface area contributed by atoms with Crippen LogP contribution in [0.1, 0.15) is 44.9 Å². The van der Waals surface area contributed by atoms with Crippen molar-refractivity contribution in [2.24, 2.45) is 0 Å². The first-order valence-electron chi connectivity index (χ1n) is 6.29. The number of hydrogen-bond acceptors (Lipinski definition) is 2. The highest BCUT2D eigenvalue weighted by Gasteiger charge is 2.21. The van der Waals surface area contributed by atoms with E-state index in [1.54, 1.807) is 0 Å². The van der Waals surface area contributed by atoms with Crippen molar-refractivity contribution in [3.8, 4) is 0 Å². The van der Waals surface area contributed by atoms with Crippen molar-refractivity contribution in [1.82, 2.24) is 4.90 Å². The third-order valence-electron chi connectivity index (χ3n) is 3.31. The fourth-order valence-electron chi connectivity index (χ4n) is 2.46. The summed E-state index contributed by atoms with van der Waals surface area (Å²) in [4.78, 5) is 2.47. The first-order valence-corrected chi connectivity index (χ1v) is 6.83. The van der Waals surface area contributed by atoms with Gasteiger partial charge in [0.05, 0.1) is 6.61 Å². The number of halogens is 1. The first kappa shape index (κ1) is 13.3. The lowest BCUT2D eigenvalue weighted by molar-refractivity contribution is 0.149. The van der Waals surface area contributed by atoms with E-state index in [2.05, 4.69) is 4.90 Å². The van der Waals surface area contributed by atoms with Crippen LogP contribution in [0.25, 0.3) is 0 Å². The second-order valence-corrected chi connectivity index (χ2v) is 4.83. The van der Waals surface area contributed by atoms with Crippen LogP contribution in [0.5, 0.6) is 0 Å². The number of nitrogens with zero attached hydrogens (tertiary/aromatic N) is 1. The minimum atomic E-state index is 0.298. The summed E-state index contributed by atoms with van der Waals surface area (Å²) in [5.41, 5.74) is 0. The van der Waals surface area contributed by atoms with Crippen LogP contribution in [0.4, 0.5) is 0 Å². The van der Waals surface area contributed by atoms with Crippen LogP contribution in [-0.4, -0.2) is 41.6 Å². The van der Waals surface area contributed by atoms with Gasteiger partial charge in [-0.3, -0.25) is 4.90 Å². The predicted molar refractivity (Wildman–Crippen MR) is 65.5 cm³/mol. The van der Waals surface area contributed by atoms with Crippen molar-refractivity contribution in [2.45, 2.75) is 51.0 Å². The Balaban J connectivity index is 2.17. The van der Waals surface area contributed by atoms with Gasteiger partial charge in [-0.2, -0.15) is 0 Å². The molecule has 2 nitrogen and oxygen atoms in total. The lowest BCUT2D eigenvalue weighted by atomic mass is 10.1. The summed E-state index contributed by atoms with van der Waals surface area (Å²) in [6.07, 6.45) is 8.97. The molecule has 0 spiro atoms. The molecular weight excluding hydrogens is 210 g/mol. The van der Waals surface area contributed by atoms with Gasteiger partial charge >= 0.3 is 0 Å². The highest BCUT2D eigenvalue weighted by Crippen LogP contribution is 2.23. The van der Waals surface area contributed by atoms with Gasteiger partial charge in [0.15, 0.2) is 0 Å². The Bertz CT molecular complexity index is 149. The molecule has 0 atom stereocenters. The van der Waals surface area contributed by atoms with Gasteiger partial charge in [0, 0.05) is 18.5 Å². The maximum atomic E-state index is 9.04. The van der Waals surface area contributed by atoms with Crippen molar-refractivity contribution >= 4 is 11.6 Å². The van der Waals surface area contributed by atoms with Gasteiger partial charge < -0.3 is 5.11 Å². The molecule has 0 aromatic carbocycles. The van der Waals surface area contributed by atoms with Crippen molar-refractivity contribution in [3.63, 3.8) is 0 Å². The zero-order chi connectivity index (χ0) is 10.9. The van der Waals surface area contributed by atoms with E-state index in [0.717, 1.165) is 31.4 Å². The summed E-state index contributed by atoms with van der Waals surface area (Å²) in [5.74, 6) is 0.781. The molecule has 15 heavy (non-hydrogen) atoms. The van der Waals surface area contributed by atoms with Crippen LogP contribution in [0.15, 0.2) is 0 Å². The van der Waals surface area contributed by atoms with E-state index in [-0.39, 0.29) is 0 Å². The van der Waals surface area contributed by atoms with Gasteiger partial charge in [-0.15, -0.1) is 11.6 Å². The zero-order valence-corrected chi connectivity index (χ0v) is 10.4. The van der Waals surface area contributed by atoms with Crippen molar-refractivity contribution in [2.75, 3.05) is 25.6 Å². The minimum absolute atomic E-state index is 0.298. The molecule has 90 valence electrons. The molecule has 1 saturated carbocycles. The SMILES string of the molecule is OCCN(CCCCCCl)C1CCCC1. The first-order chi connectivity index (χ1) is 7.38.